The Balaban J connectivity index is 0.00000484. The molecule has 2 N–H and O–H groups in total. The third-order valence-corrected chi connectivity index (χ3v) is 5.15. The summed E-state index contributed by atoms with van der Waals surface area (Å²) in [7, 11) is 0.0916. The molecular weight excluding hydrogens is 347 g/mol. The van der Waals surface area contributed by atoms with Crippen molar-refractivity contribution in [2.75, 3.05) is 34.4 Å². The highest BCUT2D eigenvalue weighted by Gasteiger charge is 2.30. The number of nitrogens with zero attached hydrogens (tertiary/aromatic N) is 1. The van der Waals surface area contributed by atoms with E-state index in [-0.39, 0.29) is 30.5 Å². The van der Waals surface area contributed by atoms with Crippen molar-refractivity contribution in [2.24, 2.45) is 11.1 Å². The van der Waals surface area contributed by atoms with Crippen LogP contribution in [0.4, 0.5) is 4.39 Å². The summed E-state index contributed by atoms with van der Waals surface area (Å²) in [6.45, 7) is 4.15. The third kappa shape index (κ3) is 4.94. The minimum atomic E-state index is -4.00. The van der Waals surface area contributed by atoms with Gasteiger partial charge in [0, 0.05) is 25.7 Å². The summed E-state index contributed by atoms with van der Waals surface area (Å²) in [5.41, 5.74) is 5.20. The number of halogens is 2. The van der Waals surface area contributed by atoms with Gasteiger partial charge in [-0.05, 0) is 12.0 Å². The van der Waals surface area contributed by atoms with E-state index in [1.165, 1.54) is 21.3 Å². The Labute approximate surface area is 143 Å². The molecule has 23 heavy (non-hydrogen) atoms. The molecule has 0 amide bonds. The smallest absolute Gasteiger partial charge is 0.245 e. The number of ether oxygens (including phenoxy) is 2. The van der Waals surface area contributed by atoms with Crippen LogP contribution in [0.3, 0.4) is 0 Å². The van der Waals surface area contributed by atoms with E-state index in [1.54, 1.807) is 0 Å². The maximum atomic E-state index is 14.2. The topological polar surface area (TPSA) is 81.9 Å². The maximum Gasteiger partial charge on any atom is 0.245 e. The van der Waals surface area contributed by atoms with E-state index in [0.717, 1.165) is 16.4 Å². The van der Waals surface area contributed by atoms with Gasteiger partial charge in [-0.1, -0.05) is 13.8 Å². The highest BCUT2D eigenvalue weighted by atomic mass is 35.5. The van der Waals surface area contributed by atoms with Crippen LogP contribution in [0.15, 0.2) is 17.0 Å². The summed E-state index contributed by atoms with van der Waals surface area (Å²) in [6.07, 6.45) is 0. The van der Waals surface area contributed by atoms with Gasteiger partial charge in [0.2, 0.25) is 10.0 Å². The number of hydrogen-bond acceptors (Lipinski definition) is 5. The van der Waals surface area contributed by atoms with Crippen LogP contribution < -0.4 is 15.2 Å². The summed E-state index contributed by atoms with van der Waals surface area (Å²) >= 11 is 0. The van der Waals surface area contributed by atoms with Crippen molar-refractivity contribution in [3.63, 3.8) is 0 Å². The van der Waals surface area contributed by atoms with Gasteiger partial charge in [-0.15, -0.1) is 12.4 Å². The standard InChI is InChI=1S/C14H23FN2O4S.ClH/c1-14(2,8-16)9-17(3)22(18,19)13-7-12(21-5)11(20-4)6-10(13)15;/h6-7H,8-9,16H2,1-5H3;1H. The highest BCUT2D eigenvalue weighted by Crippen LogP contribution is 2.33. The predicted molar refractivity (Wildman–Crippen MR) is 89.4 cm³/mol. The molecule has 134 valence electrons. The largest absolute Gasteiger partial charge is 0.493 e. The Morgan fingerprint density at radius 1 is 1.22 bits per heavy atom. The van der Waals surface area contributed by atoms with Gasteiger partial charge in [0.1, 0.15) is 10.7 Å². The van der Waals surface area contributed by atoms with Crippen molar-refractivity contribution in [3.05, 3.63) is 17.9 Å². The lowest BCUT2D eigenvalue weighted by molar-refractivity contribution is 0.291. The summed E-state index contributed by atoms with van der Waals surface area (Å²) in [5.74, 6) is -0.618. The molecule has 1 aromatic rings. The first-order valence-electron chi connectivity index (χ1n) is 6.67. The van der Waals surface area contributed by atoms with Crippen LogP contribution in [0, 0.1) is 11.2 Å². The van der Waals surface area contributed by atoms with Crippen LogP contribution in [-0.2, 0) is 10.0 Å². The average Bonchev–Trinajstić information content (AvgIpc) is 2.46. The Hall–Kier alpha value is -1.09. The van der Waals surface area contributed by atoms with Crippen molar-refractivity contribution in [3.8, 4) is 11.5 Å². The van der Waals surface area contributed by atoms with Crippen LogP contribution in [0.25, 0.3) is 0 Å². The van der Waals surface area contributed by atoms with Gasteiger partial charge in [0.25, 0.3) is 0 Å². The van der Waals surface area contributed by atoms with Crippen molar-refractivity contribution in [1.82, 2.24) is 4.31 Å². The van der Waals surface area contributed by atoms with E-state index in [9.17, 15) is 12.8 Å². The molecule has 0 aliphatic heterocycles. The monoisotopic (exact) mass is 370 g/mol. The molecule has 0 saturated heterocycles. The second-order valence-corrected chi connectivity index (χ2v) is 7.78. The van der Waals surface area contributed by atoms with Crippen LogP contribution in [0.1, 0.15) is 13.8 Å². The van der Waals surface area contributed by atoms with Crippen LogP contribution in [0.2, 0.25) is 0 Å². The zero-order valence-corrected chi connectivity index (χ0v) is 15.6. The second-order valence-electron chi connectivity index (χ2n) is 5.77. The van der Waals surface area contributed by atoms with Gasteiger partial charge in [-0.2, -0.15) is 0 Å². The van der Waals surface area contributed by atoms with E-state index in [2.05, 4.69) is 0 Å². The summed E-state index contributed by atoms with van der Waals surface area (Å²) in [6, 6.07) is 2.11. The number of benzene rings is 1. The van der Waals surface area contributed by atoms with Crippen molar-refractivity contribution < 1.29 is 22.3 Å². The zero-order chi connectivity index (χ0) is 17.1. The molecule has 0 spiro atoms. The van der Waals surface area contributed by atoms with Gasteiger partial charge in [0.15, 0.2) is 11.5 Å². The molecule has 0 aromatic heterocycles. The van der Waals surface area contributed by atoms with Gasteiger partial charge in [-0.25, -0.2) is 17.1 Å². The normalized spacial score (nSPS) is 12.0. The zero-order valence-electron chi connectivity index (χ0n) is 13.9. The number of methoxy groups -OCH3 is 2. The molecule has 0 fully saturated rings. The molecule has 1 rings (SSSR count). The average molecular weight is 371 g/mol. The van der Waals surface area contributed by atoms with E-state index in [1.807, 2.05) is 13.8 Å². The fourth-order valence-corrected chi connectivity index (χ4v) is 3.37. The minimum absolute atomic E-state index is 0. The second kappa shape index (κ2) is 8.14. The summed E-state index contributed by atoms with van der Waals surface area (Å²) < 4.78 is 50.4. The number of rotatable bonds is 7. The molecule has 0 radical (unpaired) electrons. The number of sulfonamides is 1. The van der Waals surface area contributed by atoms with E-state index >= 15 is 0 Å². The number of hydrogen-bond donors (Lipinski definition) is 1. The van der Waals surface area contributed by atoms with Crippen LogP contribution in [0.5, 0.6) is 11.5 Å². The van der Waals surface area contributed by atoms with Gasteiger partial charge >= 0.3 is 0 Å². The lowest BCUT2D eigenvalue weighted by atomic mass is 9.94. The molecule has 0 aliphatic rings. The molecule has 0 aliphatic carbocycles. The quantitative estimate of drug-likeness (QED) is 0.792. The first-order valence-corrected chi connectivity index (χ1v) is 8.11. The summed E-state index contributed by atoms with van der Waals surface area (Å²) in [5, 5.41) is 0. The van der Waals surface area contributed by atoms with E-state index in [4.69, 9.17) is 15.2 Å². The molecule has 1 aromatic carbocycles. The maximum absolute atomic E-state index is 14.2. The van der Waals surface area contributed by atoms with E-state index < -0.39 is 26.2 Å². The first-order chi connectivity index (χ1) is 10.1. The Kier molecular flexibility index (Phi) is 7.75. The molecule has 9 heteroatoms. The molecule has 0 heterocycles. The Morgan fingerprint density at radius 3 is 2.13 bits per heavy atom. The SMILES string of the molecule is COc1cc(F)c(S(=O)(=O)N(C)CC(C)(C)CN)cc1OC.Cl. The lowest BCUT2D eigenvalue weighted by Crippen LogP contribution is -2.40. The van der Waals surface area contributed by atoms with Crippen molar-refractivity contribution in [2.45, 2.75) is 18.7 Å². The predicted octanol–water partition coefficient (Wildman–Crippen LogP) is 1.87. The van der Waals surface area contributed by atoms with Gasteiger partial charge in [-0.3, -0.25) is 0 Å². The van der Waals surface area contributed by atoms with Crippen molar-refractivity contribution >= 4 is 22.4 Å². The fraction of sp³-hybridized carbons (Fsp3) is 0.571. The highest BCUT2D eigenvalue weighted by molar-refractivity contribution is 7.89. The third-order valence-electron chi connectivity index (χ3n) is 3.33. The van der Waals surface area contributed by atoms with E-state index in [0.29, 0.717) is 6.54 Å². The first kappa shape index (κ1) is 21.9. The fourth-order valence-electron chi connectivity index (χ4n) is 1.95. The summed E-state index contributed by atoms with van der Waals surface area (Å²) in [4.78, 5) is -0.458. The lowest BCUT2D eigenvalue weighted by Gasteiger charge is -2.28. The van der Waals surface area contributed by atoms with Gasteiger partial charge in [0.05, 0.1) is 14.2 Å². The molecular formula is C14H24ClFN2O4S. The minimum Gasteiger partial charge on any atom is -0.493 e. The molecule has 6 nitrogen and oxygen atoms in total. The van der Waals surface area contributed by atoms with Crippen molar-refractivity contribution in [1.29, 1.82) is 0 Å². The Bertz CT molecular complexity index is 638. The molecule has 0 bridgehead atoms. The molecule has 0 saturated carbocycles. The Morgan fingerprint density at radius 2 is 1.70 bits per heavy atom. The molecule has 0 atom stereocenters. The van der Waals surface area contributed by atoms with Gasteiger partial charge < -0.3 is 15.2 Å². The number of nitrogens with two attached hydrogens (primary N) is 1. The van der Waals surface area contributed by atoms with Crippen LogP contribution >= 0.6 is 12.4 Å². The molecule has 0 unspecified atom stereocenters. The van der Waals surface area contributed by atoms with Crippen LogP contribution in [-0.4, -0.2) is 47.1 Å².